The van der Waals surface area contributed by atoms with Gasteiger partial charge in [-0.15, -0.1) is 0 Å². The van der Waals surface area contributed by atoms with E-state index in [1.807, 2.05) is 24.3 Å². The molecule has 0 aliphatic carbocycles. The second-order valence-corrected chi connectivity index (χ2v) is 4.11. The van der Waals surface area contributed by atoms with Gasteiger partial charge in [-0.2, -0.15) is 4.98 Å². The Labute approximate surface area is 116 Å². The number of nitrogens with one attached hydrogen (secondary N) is 1. The monoisotopic (exact) mass is 275 g/mol. The fourth-order valence-electron chi connectivity index (χ4n) is 1.60. The SMILES string of the molecule is COc1cccc(NC(N)=NCCc2nc(C)no2)c1. The number of nitrogens with two attached hydrogens (primary N) is 1. The highest BCUT2D eigenvalue weighted by Crippen LogP contribution is 2.16. The number of benzene rings is 1. The Morgan fingerprint density at radius 1 is 1.50 bits per heavy atom. The van der Waals surface area contributed by atoms with Gasteiger partial charge in [-0.3, -0.25) is 4.99 Å². The summed E-state index contributed by atoms with van der Waals surface area (Å²) in [5.74, 6) is 2.26. The summed E-state index contributed by atoms with van der Waals surface area (Å²) in [6, 6.07) is 7.45. The first-order valence-corrected chi connectivity index (χ1v) is 6.17. The van der Waals surface area contributed by atoms with E-state index in [4.69, 9.17) is 15.0 Å². The van der Waals surface area contributed by atoms with E-state index in [9.17, 15) is 0 Å². The number of hydrogen-bond donors (Lipinski definition) is 2. The summed E-state index contributed by atoms with van der Waals surface area (Å²) in [6.45, 7) is 2.25. The van der Waals surface area contributed by atoms with Gasteiger partial charge in [0.1, 0.15) is 5.75 Å². The molecule has 0 atom stereocenters. The molecular formula is C13H17N5O2. The minimum atomic E-state index is 0.328. The predicted molar refractivity (Wildman–Crippen MR) is 75.8 cm³/mol. The van der Waals surface area contributed by atoms with Crippen LogP contribution in [0.1, 0.15) is 11.7 Å². The van der Waals surface area contributed by atoms with Gasteiger partial charge in [0.2, 0.25) is 5.89 Å². The van der Waals surface area contributed by atoms with Crippen LogP contribution in [0.2, 0.25) is 0 Å². The van der Waals surface area contributed by atoms with Gasteiger partial charge in [0.05, 0.1) is 13.7 Å². The number of hydrogen-bond acceptors (Lipinski definition) is 5. The van der Waals surface area contributed by atoms with Crippen LogP contribution in [0.4, 0.5) is 5.69 Å². The topological polar surface area (TPSA) is 98.6 Å². The summed E-state index contributed by atoms with van der Waals surface area (Å²) in [5.41, 5.74) is 6.62. The summed E-state index contributed by atoms with van der Waals surface area (Å²) < 4.78 is 10.1. The minimum absolute atomic E-state index is 0.328. The molecule has 1 aromatic carbocycles. The summed E-state index contributed by atoms with van der Waals surface area (Å²) in [7, 11) is 1.61. The third kappa shape index (κ3) is 3.98. The van der Waals surface area contributed by atoms with Crippen LogP contribution < -0.4 is 15.8 Å². The summed E-state index contributed by atoms with van der Waals surface area (Å²) in [5, 5.41) is 6.70. The van der Waals surface area contributed by atoms with Gasteiger partial charge >= 0.3 is 0 Å². The lowest BCUT2D eigenvalue weighted by Gasteiger charge is -2.06. The van der Waals surface area contributed by atoms with Crippen LogP contribution in [0.15, 0.2) is 33.8 Å². The third-order valence-corrected chi connectivity index (χ3v) is 2.52. The molecular weight excluding hydrogens is 258 g/mol. The fourth-order valence-corrected chi connectivity index (χ4v) is 1.60. The number of aryl methyl sites for hydroxylation is 1. The fraction of sp³-hybridized carbons (Fsp3) is 0.308. The highest BCUT2D eigenvalue weighted by molar-refractivity contribution is 5.92. The van der Waals surface area contributed by atoms with Crippen molar-refractivity contribution < 1.29 is 9.26 Å². The normalized spacial score (nSPS) is 11.4. The maximum Gasteiger partial charge on any atom is 0.228 e. The molecule has 0 aliphatic rings. The van der Waals surface area contributed by atoms with E-state index in [1.54, 1.807) is 14.0 Å². The van der Waals surface area contributed by atoms with Crippen LogP contribution in [0.5, 0.6) is 5.75 Å². The smallest absolute Gasteiger partial charge is 0.228 e. The van der Waals surface area contributed by atoms with E-state index in [0.29, 0.717) is 30.6 Å². The van der Waals surface area contributed by atoms with Gasteiger partial charge in [0.15, 0.2) is 11.8 Å². The zero-order valence-corrected chi connectivity index (χ0v) is 11.5. The van der Waals surface area contributed by atoms with Gasteiger partial charge in [-0.1, -0.05) is 11.2 Å². The minimum Gasteiger partial charge on any atom is -0.497 e. The van der Waals surface area contributed by atoms with Gasteiger partial charge in [-0.25, -0.2) is 0 Å². The summed E-state index contributed by atoms with van der Waals surface area (Å²) >= 11 is 0. The quantitative estimate of drug-likeness (QED) is 0.631. The van der Waals surface area contributed by atoms with Gasteiger partial charge in [0.25, 0.3) is 0 Å². The van der Waals surface area contributed by atoms with E-state index in [1.165, 1.54) is 0 Å². The Bertz CT molecular complexity index is 594. The summed E-state index contributed by atoms with van der Waals surface area (Å²) in [4.78, 5) is 8.28. The lowest BCUT2D eigenvalue weighted by molar-refractivity contribution is 0.376. The first kappa shape index (κ1) is 13.9. The van der Waals surface area contributed by atoms with Gasteiger partial charge in [-0.05, 0) is 19.1 Å². The molecule has 3 N–H and O–H groups in total. The molecule has 0 saturated heterocycles. The van der Waals surface area contributed by atoms with Crippen molar-refractivity contribution in [2.45, 2.75) is 13.3 Å². The zero-order valence-electron chi connectivity index (χ0n) is 11.5. The molecule has 2 rings (SSSR count). The average molecular weight is 275 g/mol. The lowest BCUT2D eigenvalue weighted by Crippen LogP contribution is -2.23. The van der Waals surface area contributed by atoms with Crippen LogP contribution in [-0.4, -0.2) is 29.8 Å². The average Bonchev–Trinajstić information content (AvgIpc) is 2.84. The molecule has 20 heavy (non-hydrogen) atoms. The number of aliphatic imine (C=N–C) groups is 1. The molecule has 0 radical (unpaired) electrons. The zero-order chi connectivity index (χ0) is 14.4. The lowest BCUT2D eigenvalue weighted by atomic mass is 10.3. The Morgan fingerprint density at radius 2 is 2.35 bits per heavy atom. The van der Waals surface area contributed by atoms with Crippen molar-refractivity contribution in [3.8, 4) is 5.75 Å². The maximum absolute atomic E-state index is 5.80. The molecule has 0 unspecified atom stereocenters. The third-order valence-electron chi connectivity index (χ3n) is 2.52. The van der Waals surface area contributed by atoms with Crippen LogP contribution in [-0.2, 0) is 6.42 Å². The Kier molecular flexibility index (Phi) is 4.54. The first-order valence-electron chi connectivity index (χ1n) is 6.17. The number of rotatable bonds is 5. The number of nitrogens with zero attached hydrogens (tertiary/aromatic N) is 3. The van der Waals surface area contributed by atoms with Crippen molar-refractivity contribution in [1.29, 1.82) is 0 Å². The molecule has 0 aliphatic heterocycles. The Balaban J connectivity index is 1.87. The molecule has 0 spiro atoms. The van der Waals surface area contributed by atoms with Gasteiger partial charge in [0, 0.05) is 18.2 Å². The van der Waals surface area contributed by atoms with Gasteiger partial charge < -0.3 is 20.3 Å². The highest BCUT2D eigenvalue weighted by atomic mass is 16.5. The van der Waals surface area contributed by atoms with Crippen molar-refractivity contribution in [2.24, 2.45) is 10.7 Å². The van der Waals surface area contributed by atoms with Crippen molar-refractivity contribution in [2.75, 3.05) is 19.0 Å². The maximum atomic E-state index is 5.80. The second kappa shape index (κ2) is 6.55. The second-order valence-electron chi connectivity index (χ2n) is 4.11. The first-order chi connectivity index (χ1) is 9.67. The molecule has 2 aromatic rings. The van der Waals surface area contributed by atoms with E-state index in [0.717, 1.165) is 11.4 Å². The summed E-state index contributed by atoms with van der Waals surface area (Å²) in [6.07, 6.45) is 0.557. The largest absolute Gasteiger partial charge is 0.497 e. The number of methoxy groups -OCH3 is 1. The molecule has 0 bridgehead atoms. The number of aromatic nitrogens is 2. The molecule has 1 aromatic heterocycles. The molecule has 106 valence electrons. The number of anilines is 1. The molecule has 1 heterocycles. The number of guanidine groups is 1. The van der Waals surface area contributed by atoms with E-state index < -0.39 is 0 Å². The predicted octanol–water partition coefficient (Wildman–Crippen LogP) is 1.36. The van der Waals surface area contributed by atoms with Crippen LogP contribution in [0.25, 0.3) is 0 Å². The van der Waals surface area contributed by atoms with Crippen molar-refractivity contribution in [3.63, 3.8) is 0 Å². The Morgan fingerprint density at radius 3 is 3.05 bits per heavy atom. The van der Waals surface area contributed by atoms with Crippen molar-refractivity contribution in [3.05, 3.63) is 36.0 Å². The van der Waals surface area contributed by atoms with E-state index >= 15 is 0 Å². The van der Waals surface area contributed by atoms with Crippen LogP contribution >= 0.6 is 0 Å². The number of ether oxygens (including phenoxy) is 1. The van der Waals surface area contributed by atoms with E-state index in [-0.39, 0.29) is 0 Å². The molecule has 0 amide bonds. The molecule has 0 saturated carbocycles. The highest BCUT2D eigenvalue weighted by Gasteiger charge is 2.02. The molecule has 7 nitrogen and oxygen atoms in total. The molecule has 7 heteroatoms. The standard InChI is InChI=1S/C13H17N5O2/c1-9-16-12(20-18-9)6-7-15-13(14)17-10-4-3-5-11(8-10)19-2/h3-5,8H,6-7H2,1-2H3,(H3,14,15,17). The Hall–Kier alpha value is -2.57. The van der Waals surface area contributed by atoms with Crippen LogP contribution in [0.3, 0.4) is 0 Å². The molecule has 0 fully saturated rings. The van der Waals surface area contributed by atoms with Crippen molar-refractivity contribution in [1.82, 2.24) is 10.1 Å². The van der Waals surface area contributed by atoms with Crippen molar-refractivity contribution >= 4 is 11.6 Å². The van der Waals surface area contributed by atoms with Crippen LogP contribution in [0, 0.1) is 6.92 Å². The van der Waals surface area contributed by atoms with E-state index in [2.05, 4.69) is 20.4 Å².